The van der Waals surface area contributed by atoms with E-state index in [9.17, 15) is 4.39 Å². The van der Waals surface area contributed by atoms with Crippen molar-refractivity contribution in [1.29, 1.82) is 0 Å². The van der Waals surface area contributed by atoms with Gasteiger partial charge in [0.05, 0.1) is 0 Å². The minimum Gasteiger partial charge on any atom is -0.207 e. The van der Waals surface area contributed by atoms with Crippen molar-refractivity contribution in [3.8, 4) is 0 Å². The van der Waals surface area contributed by atoms with Crippen LogP contribution in [0.25, 0.3) is 0 Å². The standard InChI is InChI=1S/C19H23F/c1-18(2,3)14-6-8-15(9-7-14)19(4,5)16-10-12-17(20)13-11-16/h6-13H,1-5H3. The van der Waals surface area contributed by atoms with Gasteiger partial charge in [0, 0.05) is 5.41 Å². The van der Waals surface area contributed by atoms with E-state index in [1.54, 1.807) is 0 Å². The summed E-state index contributed by atoms with van der Waals surface area (Å²) in [4.78, 5) is 0. The third-order valence-corrected chi connectivity index (χ3v) is 4.04. The molecule has 2 aromatic rings. The first-order chi connectivity index (χ1) is 9.21. The van der Waals surface area contributed by atoms with Gasteiger partial charge in [-0.1, -0.05) is 71.0 Å². The molecule has 0 aromatic heterocycles. The van der Waals surface area contributed by atoms with E-state index in [1.807, 2.05) is 12.1 Å². The Hall–Kier alpha value is -1.63. The Morgan fingerprint density at radius 1 is 0.600 bits per heavy atom. The number of hydrogen-bond donors (Lipinski definition) is 0. The summed E-state index contributed by atoms with van der Waals surface area (Å²) in [5.41, 5.74) is 3.75. The van der Waals surface area contributed by atoms with Crippen molar-refractivity contribution in [2.24, 2.45) is 0 Å². The van der Waals surface area contributed by atoms with Crippen molar-refractivity contribution in [2.75, 3.05) is 0 Å². The lowest BCUT2D eigenvalue weighted by Crippen LogP contribution is -2.19. The Morgan fingerprint density at radius 2 is 0.950 bits per heavy atom. The molecule has 20 heavy (non-hydrogen) atoms. The van der Waals surface area contributed by atoms with Crippen LogP contribution < -0.4 is 0 Å². The molecule has 0 atom stereocenters. The third kappa shape index (κ3) is 2.92. The van der Waals surface area contributed by atoms with Gasteiger partial charge in [-0.2, -0.15) is 0 Å². The zero-order valence-electron chi connectivity index (χ0n) is 13.0. The summed E-state index contributed by atoms with van der Waals surface area (Å²) >= 11 is 0. The van der Waals surface area contributed by atoms with Crippen LogP contribution in [-0.4, -0.2) is 0 Å². The molecule has 0 radical (unpaired) electrons. The summed E-state index contributed by atoms with van der Waals surface area (Å²) in [5, 5.41) is 0. The predicted molar refractivity (Wildman–Crippen MR) is 83.7 cm³/mol. The number of hydrogen-bond acceptors (Lipinski definition) is 0. The SMILES string of the molecule is CC(C)(C)c1ccc(C(C)(C)c2ccc(F)cc2)cc1. The van der Waals surface area contributed by atoms with Crippen molar-refractivity contribution < 1.29 is 4.39 Å². The van der Waals surface area contributed by atoms with Gasteiger partial charge >= 0.3 is 0 Å². The number of halogens is 1. The van der Waals surface area contributed by atoms with Crippen molar-refractivity contribution >= 4 is 0 Å². The van der Waals surface area contributed by atoms with Gasteiger partial charge in [0.15, 0.2) is 0 Å². The number of rotatable bonds is 2. The van der Waals surface area contributed by atoms with Crippen LogP contribution >= 0.6 is 0 Å². The molecule has 2 rings (SSSR count). The second-order valence-corrected chi connectivity index (χ2v) is 6.96. The van der Waals surface area contributed by atoms with Gasteiger partial charge in [0.1, 0.15) is 5.82 Å². The van der Waals surface area contributed by atoms with Crippen molar-refractivity contribution in [2.45, 2.75) is 45.4 Å². The lowest BCUT2D eigenvalue weighted by molar-refractivity contribution is 0.586. The Morgan fingerprint density at radius 3 is 1.35 bits per heavy atom. The summed E-state index contributed by atoms with van der Waals surface area (Å²) in [6, 6.07) is 15.6. The highest BCUT2D eigenvalue weighted by atomic mass is 19.1. The van der Waals surface area contributed by atoms with Gasteiger partial charge in [-0.15, -0.1) is 0 Å². The first-order valence-electron chi connectivity index (χ1n) is 7.08. The van der Waals surface area contributed by atoms with Gasteiger partial charge in [-0.05, 0) is 34.2 Å². The fraction of sp³-hybridized carbons (Fsp3) is 0.368. The molecule has 0 bridgehead atoms. The van der Waals surface area contributed by atoms with E-state index in [2.05, 4.69) is 58.9 Å². The molecule has 0 saturated heterocycles. The molecule has 0 aliphatic heterocycles. The quantitative estimate of drug-likeness (QED) is 0.680. The summed E-state index contributed by atoms with van der Waals surface area (Å²) in [6.07, 6.45) is 0. The fourth-order valence-corrected chi connectivity index (χ4v) is 2.42. The summed E-state index contributed by atoms with van der Waals surface area (Å²) < 4.78 is 13.1. The van der Waals surface area contributed by atoms with Gasteiger partial charge in [0.2, 0.25) is 0 Å². The lowest BCUT2D eigenvalue weighted by atomic mass is 9.77. The summed E-state index contributed by atoms with van der Waals surface area (Å²) in [5.74, 6) is -0.187. The topological polar surface area (TPSA) is 0 Å². The molecule has 106 valence electrons. The van der Waals surface area contributed by atoms with E-state index in [1.165, 1.54) is 23.3 Å². The van der Waals surface area contributed by atoms with Crippen LogP contribution in [0.5, 0.6) is 0 Å². The van der Waals surface area contributed by atoms with E-state index in [0.717, 1.165) is 5.56 Å². The average Bonchev–Trinajstić information content (AvgIpc) is 2.38. The number of benzene rings is 2. The maximum Gasteiger partial charge on any atom is 0.123 e. The molecular weight excluding hydrogens is 247 g/mol. The molecule has 0 aliphatic carbocycles. The first-order valence-corrected chi connectivity index (χ1v) is 7.08. The van der Waals surface area contributed by atoms with Crippen LogP contribution in [0.4, 0.5) is 4.39 Å². The maximum atomic E-state index is 13.1. The predicted octanol–water partition coefficient (Wildman–Crippen LogP) is 5.45. The largest absolute Gasteiger partial charge is 0.207 e. The molecule has 1 heteroatoms. The Balaban J connectivity index is 2.37. The van der Waals surface area contributed by atoms with Gasteiger partial charge in [-0.25, -0.2) is 4.39 Å². The first kappa shape index (κ1) is 14.8. The van der Waals surface area contributed by atoms with Crippen LogP contribution in [0, 0.1) is 5.82 Å². The third-order valence-electron chi connectivity index (χ3n) is 4.04. The van der Waals surface area contributed by atoms with Crippen LogP contribution in [0.1, 0.15) is 51.3 Å². The molecule has 0 amide bonds. The minimum absolute atomic E-state index is 0.121. The van der Waals surface area contributed by atoms with Crippen molar-refractivity contribution in [3.63, 3.8) is 0 Å². The molecule has 0 heterocycles. The maximum absolute atomic E-state index is 13.1. The van der Waals surface area contributed by atoms with Crippen molar-refractivity contribution in [3.05, 3.63) is 71.0 Å². The highest BCUT2D eigenvalue weighted by molar-refractivity contribution is 5.39. The van der Waals surface area contributed by atoms with E-state index in [-0.39, 0.29) is 16.6 Å². The van der Waals surface area contributed by atoms with Gasteiger partial charge in [0.25, 0.3) is 0 Å². The van der Waals surface area contributed by atoms with E-state index in [4.69, 9.17) is 0 Å². The second kappa shape index (κ2) is 5.05. The Bertz CT molecular complexity index is 569. The molecule has 0 unspecified atom stereocenters. The van der Waals surface area contributed by atoms with Crippen LogP contribution in [0.2, 0.25) is 0 Å². The Kier molecular flexibility index (Phi) is 3.73. The monoisotopic (exact) mass is 270 g/mol. The second-order valence-electron chi connectivity index (χ2n) is 6.96. The Labute approximate surface area is 121 Å². The molecule has 0 nitrogen and oxygen atoms in total. The molecule has 2 aromatic carbocycles. The van der Waals surface area contributed by atoms with Crippen LogP contribution in [-0.2, 0) is 10.8 Å². The van der Waals surface area contributed by atoms with E-state index >= 15 is 0 Å². The molecular formula is C19H23F. The van der Waals surface area contributed by atoms with Crippen LogP contribution in [0.15, 0.2) is 48.5 Å². The molecule has 0 spiro atoms. The normalized spacial score (nSPS) is 12.5. The molecule has 0 fully saturated rings. The summed E-state index contributed by atoms with van der Waals surface area (Å²) in [6.45, 7) is 11.0. The van der Waals surface area contributed by atoms with E-state index < -0.39 is 0 Å². The van der Waals surface area contributed by atoms with Gasteiger partial charge < -0.3 is 0 Å². The molecule has 0 saturated carbocycles. The minimum atomic E-state index is -0.187. The summed E-state index contributed by atoms with van der Waals surface area (Å²) in [7, 11) is 0. The fourth-order valence-electron chi connectivity index (χ4n) is 2.42. The van der Waals surface area contributed by atoms with E-state index in [0.29, 0.717) is 0 Å². The van der Waals surface area contributed by atoms with Gasteiger partial charge in [-0.3, -0.25) is 0 Å². The lowest BCUT2D eigenvalue weighted by Gasteiger charge is -2.27. The highest BCUT2D eigenvalue weighted by Gasteiger charge is 2.23. The highest BCUT2D eigenvalue weighted by Crippen LogP contribution is 2.33. The van der Waals surface area contributed by atoms with Crippen LogP contribution in [0.3, 0.4) is 0 Å². The molecule has 0 aliphatic rings. The zero-order valence-corrected chi connectivity index (χ0v) is 13.0. The zero-order chi connectivity index (χ0) is 15.0. The average molecular weight is 270 g/mol. The van der Waals surface area contributed by atoms with Crippen molar-refractivity contribution in [1.82, 2.24) is 0 Å². The molecule has 0 N–H and O–H groups in total. The smallest absolute Gasteiger partial charge is 0.123 e.